The zero-order valence-electron chi connectivity index (χ0n) is 9.00. The predicted molar refractivity (Wildman–Crippen MR) is 64.0 cm³/mol. The molecule has 1 aromatic carbocycles. The Morgan fingerprint density at radius 1 is 1.41 bits per heavy atom. The normalized spacial score (nSPS) is 19.3. The third-order valence-corrected chi connectivity index (χ3v) is 3.77. The van der Waals surface area contributed by atoms with Crippen LogP contribution in [0, 0.1) is 11.6 Å². The van der Waals surface area contributed by atoms with Crippen LogP contribution < -0.4 is 11.1 Å². The highest BCUT2D eigenvalue weighted by Gasteiger charge is 2.19. The van der Waals surface area contributed by atoms with Crippen LogP contribution in [0.1, 0.15) is 16.8 Å². The minimum atomic E-state index is -0.907. The molecule has 1 unspecified atom stereocenters. The number of nitrogens with one attached hydrogen (secondary N) is 1. The van der Waals surface area contributed by atoms with Crippen LogP contribution in [0.15, 0.2) is 12.1 Å². The maximum Gasteiger partial charge on any atom is 0.251 e. The maximum atomic E-state index is 13.2. The lowest BCUT2D eigenvalue weighted by Crippen LogP contribution is -2.34. The van der Waals surface area contributed by atoms with E-state index in [0.717, 1.165) is 30.1 Å². The maximum absolute atomic E-state index is 13.2. The second-order valence-corrected chi connectivity index (χ2v) is 5.04. The van der Waals surface area contributed by atoms with Crippen LogP contribution in [-0.2, 0) is 0 Å². The van der Waals surface area contributed by atoms with E-state index in [9.17, 15) is 13.6 Å². The molecule has 0 bridgehead atoms. The van der Waals surface area contributed by atoms with Gasteiger partial charge >= 0.3 is 0 Å². The van der Waals surface area contributed by atoms with E-state index in [0.29, 0.717) is 0 Å². The molecular weight excluding hydrogens is 246 g/mol. The first-order valence-corrected chi connectivity index (χ1v) is 6.36. The van der Waals surface area contributed by atoms with Crippen LogP contribution in [0.2, 0.25) is 0 Å². The molecule has 92 valence electrons. The highest BCUT2D eigenvalue weighted by molar-refractivity contribution is 7.99. The Bertz CT molecular complexity index is 424. The Hall–Kier alpha value is -1.30. The van der Waals surface area contributed by atoms with Crippen LogP contribution in [-0.4, -0.2) is 23.5 Å². The molecule has 2 rings (SSSR count). The Labute approximate surface area is 102 Å². The number of anilines is 1. The van der Waals surface area contributed by atoms with E-state index >= 15 is 0 Å². The summed E-state index contributed by atoms with van der Waals surface area (Å²) in [6, 6.07) is 1.99. The molecule has 1 heterocycles. The van der Waals surface area contributed by atoms with Gasteiger partial charge in [-0.2, -0.15) is 11.8 Å². The van der Waals surface area contributed by atoms with Gasteiger partial charge in [-0.15, -0.1) is 0 Å². The summed E-state index contributed by atoms with van der Waals surface area (Å²) in [7, 11) is 0. The fourth-order valence-electron chi connectivity index (χ4n) is 1.63. The van der Waals surface area contributed by atoms with Crippen molar-refractivity contribution in [3.63, 3.8) is 0 Å². The zero-order valence-corrected chi connectivity index (χ0v) is 9.82. The van der Waals surface area contributed by atoms with Crippen LogP contribution in [0.5, 0.6) is 0 Å². The van der Waals surface area contributed by atoms with Crippen molar-refractivity contribution < 1.29 is 13.6 Å². The number of carbonyl (C=O) groups is 1. The number of thioether (sulfide) groups is 1. The first-order chi connectivity index (χ1) is 8.08. The van der Waals surface area contributed by atoms with Crippen molar-refractivity contribution in [2.75, 3.05) is 17.2 Å². The number of nitrogen functional groups attached to an aromatic ring is 1. The highest BCUT2D eigenvalue weighted by Crippen LogP contribution is 2.19. The molecule has 1 amide bonds. The number of benzene rings is 1. The van der Waals surface area contributed by atoms with Crippen molar-refractivity contribution in [1.29, 1.82) is 0 Å². The molecule has 0 aromatic heterocycles. The van der Waals surface area contributed by atoms with Crippen molar-refractivity contribution in [2.45, 2.75) is 12.5 Å². The molecule has 0 radical (unpaired) electrons. The third kappa shape index (κ3) is 2.69. The first kappa shape index (κ1) is 12.2. The Morgan fingerprint density at radius 2 is 2.06 bits per heavy atom. The van der Waals surface area contributed by atoms with Gasteiger partial charge in [0.2, 0.25) is 0 Å². The molecule has 1 saturated heterocycles. The average molecular weight is 258 g/mol. The monoisotopic (exact) mass is 258 g/mol. The molecule has 1 fully saturated rings. The summed E-state index contributed by atoms with van der Waals surface area (Å²) in [6.45, 7) is 0. The SMILES string of the molecule is Nc1c(F)cc(C(=O)NC2CCSC2)cc1F. The summed E-state index contributed by atoms with van der Waals surface area (Å²) in [5, 5.41) is 2.74. The lowest BCUT2D eigenvalue weighted by atomic mass is 10.1. The summed E-state index contributed by atoms with van der Waals surface area (Å²) in [6.07, 6.45) is 0.885. The van der Waals surface area contributed by atoms with E-state index in [1.165, 1.54) is 0 Å². The molecule has 6 heteroatoms. The lowest BCUT2D eigenvalue weighted by molar-refractivity contribution is 0.0940. The number of amides is 1. The number of nitrogens with two attached hydrogens (primary N) is 1. The summed E-state index contributed by atoms with van der Waals surface area (Å²) >= 11 is 1.75. The molecular formula is C11H12F2N2OS. The fourth-order valence-corrected chi connectivity index (χ4v) is 2.78. The van der Waals surface area contributed by atoms with E-state index in [1.807, 2.05) is 0 Å². The smallest absolute Gasteiger partial charge is 0.251 e. The molecule has 0 saturated carbocycles. The number of carbonyl (C=O) groups excluding carboxylic acids is 1. The molecule has 0 spiro atoms. The van der Waals surface area contributed by atoms with E-state index in [1.54, 1.807) is 11.8 Å². The fraction of sp³-hybridized carbons (Fsp3) is 0.364. The van der Waals surface area contributed by atoms with E-state index < -0.39 is 23.2 Å². The van der Waals surface area contributed by atoms with Crippen LogP contribution in [0.25, 0.3) is 0 Å². The Morgan fingerprint density at radius 3 is 2.59 bits per heavy atom. The highest BCUT2D eigenvalue weighted by atomic mass is 32.2. The predicted octanol–water partition coefficient (Wildman–Crippen LogP) is 1.78. The van der Waals surface area contributed by atoms with Gasteiger partial charge in [-0.05, 0) is 24.3 Å². The summed E-state index contributed by atoms with van der Waals surface area (Å²) in [5.41, 5.74) is 4.54. The van der Waals surface area contributed by atoms with Gasteiger partial charge in [0.1, 0.15) is 17.3 Å². The average Bonchev–Trinajstić information content (AvgIpc) is 2.77. The summed E-state index contributed by atoms with van der Waals surface area (Å²) in [5.74, 6) is -0.441. The lowest BCUT2D eigenvalue weighted by Gasteiger charge is -2.11. The molecule has 17 heavy (non-hydrogen) atoms. The van der Waals surface area contributed by atoms with Gasteiger partial charge in [0.15, 0.2) is 0 Å². The van der Waals surface area contributed by atoms with Gasteiger partial charge < -0.3 is 11.1 Å². The van der Waals surface area contributed by atoms with E-state index in [-0.39, 0.29) is 11.6 Å². The van der Waals surface area contributed by atoms with Crippen molar-refractivity contribution in [3.05, 3.63) is 29.3 Å². The number of hydrogen-bond acceptors (Lipinski definition) is 3. The second kappa shape index (κ2) is 4.91. The summed E-state index contributed by atoms with van der Waals surface area (Å²) in [4.78, 5) is 11.7. The second-order valence-electron chi connectivity index (χ2n) is 3.89. The molecule has 3 nitrogen and oxygen atoms in total. The van der Waals surface area contributed by atoms with Gasteiger partial charge in [0.05, 0.1) is 0 Å². The van der Waals surface area contributed by atoms with Crippen LogP contribution in [0.4, 0.5) is 14.5 Å². The van der Waals surface area contributed by atoms with E-state index in [4.69, 9.17) is 5.73 Å². The zero-order chi connectivity index (χ0) is 12.4. The van der Waals surface area contributed by atoms with Gasteiger partial charge in [-0.1, -0.05) is 0 Å². The molecule has 0 aliphatic carbocycles. The molecule has 1 aromatic rings. The van der Waals surface area contributed by atoms with Crippen LogP contribution in [0.3, 0.4) is 0 Å². The van der Waals surface area contributed by atoms with Crippen LogP contribution >= 0.6 is 11.8 Å². The third-order valence-electron chi connectivity index (χ3n) is 2.61. The van der Waals surface area contributed by atoms with Gasteiger partial charge in [0.25, 0.3) is 5.91 Å². The van der Waals surface area contributed by atoms with Gasteiger partial charge in [-0.25, -0.2) is 8.78 Å². The van der Waals surface area contributed by atoms with Crippen molar-refractivity contribution in [2.24, 2.45) is 0 Å². The molecule has 1 aliphatic heterocycles. The van der Waals surface area contributed by atoms with Gasteiger partial charge in [-0.3, -0.25) is 4.79 Å². The Kier molecular flexibility index (Phi) is 3.51. The minimum Gasteiger partial charge on any atom is -0.394 e. The standard InChI is InChI=1S/C11H12F2N2OS/c12-8-3-6(4-9(13)10(8)14)11(16)15-7-1-2-17-5-7/h3-4,7H,1-2,5,14H2,(H,15,16). The quantitative estimate of drug-likeness (QED) is 0.795. The van der Waals surface area contributed by atoms with Crippen molar-refractivity contribution in [3.8, 4) is 0 Å². The van der Waals surface area contributed by atoms with Crippen molar-refractivity contribution in [1.82, 2.24) is 5.32 Å². The van der Waals surface area contributed by atoms with E-state index in [2.05, 4.69) is 5.32 Å². The summed E-state index contributed by atoms with van der Waals surface area (Å²) < 4.78 is 26.3. The van der Waals surface area contributed by atoms with Crippen molar-refractivity contribution >= 4 is 23.4 Å². The first-order valence-electron chi connectivity index (χ1n) is 5.21. The topological polar surface area (TPSA) is 55.1 Å². The number of halogens is 2. The Balaban J connectivity index is 2.13. The number of hydrogen-bond donors (Lipinski definition) is 2. The van der Waals surface area contributed by atoms with Gasteiger partial charge in [0, 0.05) is 17.4 Å². The molecule has 1 atom stereocenters. The largest absolute Gasteiger partial charge is 0.394 e. The number of rotatable bonds is 2. The molecule has 1 aliphatic rings. The molecule has 3 N–H and O–H groups in total. The minimum absolute atomic E-state index is 0.0360.